The number of hydrogen-bond donors (Lipinski definition) is 1. The quantitative estimate of drug-likeness (QED) is 0.786. The number of aryl methyl sites for hydroxylation is 1. The number of anilines is 1. The van der Waals surface area contributed by atoms with E-state index in [9.17, 15) is 9.59 Å². The van der Waals surface area contributed by atoms with Gasteiger partial charge in [0.15, 0.2) is 0 Å². The zero-order chi connectivity index (χ0) is 15.8. The van der Waals surface area contributed by atoms with Crippen LogP contribution in [0.1, 0.15) is 19.4 Å². The average molecular weight is 313 g/mol. The molecule has 6 heteroatoms. The fourth-order valence-electron chi connectivity index (χ4n) is 1.74. The zero-order valence-corrected chi connectivity index (χ0v) is 13.4. The van der Waals surface area contributed by atoms with E-state index in [2.05, 4.69) is 5.32 Å². The number of nitrogens with zero attached hydrogens (tertiary/aromatic N) is 1. The Kier molecular flexibility index (Phi) is 7.19. The van der Waals surface area contributed by atoms with Crippen LogP contribution in [0.25, 0.3) is 0 Å². The third-order valence-corrected chi connectivity index (χ3v) is 3.34. The molecule has 0 saturated heterocycles. The molecule has 0 radical (unpaired) electrons. The molecule has 0 aliphatic carbocycles. The van der Waals surface area contributed by atoms with Crippen molar-refractivity contribution in [1.82, 2.24) is 4.90 Å². The monoisotopic (exact) mass is 312 g/mol. The van der Waals surface area contributed by atoms with Crippen molar-refractivity contribution >= 4 is 29.2 Å². The fraction of sp³-hybridized carbons (Fsp3) is 0.467. The molecule has 0 saturated carbocycles. The van der Waals surface area contributed by atoms with Crippen molar-refractivity contribution in [2.75, 3.05) is 31.6 Å². The lowest BCUT2D eigenvalue weighted by Crippen LogP contribution is -2.37. The molecular weight excluding hydrogens is 292 g/mol. The predicted molar refractivity (Wildman–Crippen MR) is 83.6 cm³/mol. The molecule has 0 heterocycles. The highest BCUT2D eigenvalue weighted by molar-refractivity contribution is 6.31. The van der Waals surface area contributed by atoms with Crippen LogP contribution < -0.4 is 5.32 Å². The van der Waals surface area contributed by atoms with Crippen molar-refractivity contribution in [3.05, 3.63) is 28.8 Å². The van der Waals surface area contributed by atoms with Crippen LogP contribution in [0.15, 0.2) is 18.2 Å². The Labute approximate surface area is 130 Å². The second-order valence-corrected chi connectivity index (χ2v) is 5.03. The van der Waals surface area contributed by atoms with Crippen LogP contribution in [0.3, 0.4) is 0 Å². The fourth-order valence-corrected chi connectivity index (χ4v) is 1.92. The lowest BCUT2D eigenvalue weighted by atomic mass is 10.2. The smallest absolute Gasteiger partial charge is 0.320 e. The number of ether oxygens (including phenoxy) is 1. The molecule has 1 rings (SSSR count). The number of amides is 1. The molecule has 21 heavy (non-hydrogen) atoms. The summed E-state index contributed by atoms with van der Waals surface area (Å²) in [5, 5.41) is 3.37. The maximum atomic E-state index is 12.0. The summed E-state index contributed by atoms with van der Waals surface area (Å²) in [7, 11) is 0. The van der Waals surface area contributed by atoms with E-state index in [1.807, 2.05) is 19.9 Å². The Morgan fingerprint density at radius 3 is 2.57 bits per heavy atom. The molecule has 0 aliphatic rings. The van der Waals surface area contributed by atoms with Crippen LogP contribution >= 0.6 is 11.6 Å². The maximum Gasteiger partial charge on any atom is 0.320 e. The van der Waals surface area contributed by atoms with Gasteiger partial charge in [-0.25, -0.2) is 0 Å². The Morgan fingerprint density at radius 1 is 1.29 bits per heavy atom. The van der Waals surface area contributed by atoms with Gasteiger partial charge >= 0.3 is 5.97 Å². The molecule has 1 aromatic rings. The largest absolute Gasteiger partial charge is 0.465 e. The third-order valence-electron chi connectivity index (χ3n) is 2.93. The molecule has 0 aliphatic heterocycles. The highest BCUT2D eigenvalue weighted by Gasteiger charge is 2.14. The predicted octanol–water partition coefficient (Wildman–Crippen LogP) is 2.47. The first-order chi connectivity index (χ1) is 9.96. The van der Waals surface area contributed by atoms with Crippen molar-refractivity contribution in [2.24, 2.45) is 0 Å². The molecule has 0 atom stereocenters. The first-order valence-electron chi connectivity index (χ1n) is 6.90. The van der Waals surface area contributed by atoms with Crippen LogP contribution in [0.4, 0.5) is 5.69 Å². The van der Waals surface area contributed by atoms with Crippen LogP contribution in [0.2, 0.25) is 5.02 Å². The molecule has 5 nitrogen and oxygen atoms in total. The Balaban J connectivity index is 2.54. The van der Waals surface area contributed by atoms with Crippen LogP contribution in [-0.4, -0.2) is 43.0 Å². The highest BCUT2D eigenvalue weighted by atomic mass is 35.5. The van der Waals surface area contributed by atoms with Gasteiger partial charge in [0.2, 0.25) is 5.91 Å². The number of likely N-dealkylation sites (N-methyl/N-ethyl adjacent to an activating group) is 1. The number of esters is 1. The van der Waals surface area contributed by atoms with Crippen molar-refractivity contribution in [1.29, 1.82) is 0 Å². The number of rotatable bonds is 7. The molecule has 1 aromatic carbocycles. The second kappa shape index (κ2) is 8.64. The van der Waals surface area contributed by atoms with E-state index in [-0.39, 0.29) is 25.0 Å². The van der Waals surface area contributed by atoms with E-state index in [0.29, 0.717) is 23.9 Å². The molecule has 0 aromatic heterocycles. The number of carbonyl (C=O) groups excluding carboxylic acids is 2. The molecule has 0 fully saturated rings. The summed E-state index contributed by atoms with van der Waals surface area (Å²) < 4.78 is 4.87. The zero-order valence-electron chi connectivity index (χ0n) is 12.6. The molecule has 0 unspecified atom stereocenters. The van der Waals surface area contributed by atoms with Gasteiger partial charge in [-0.15, -0.1) is 0 Å². The first kappa shape index (κ1) is 17.5. The third kappa shape index (κ3) is 6.14. The van der Waals surface area contributed by atoms with Gasteiger partial charge in [0.25, 0.3) is 0 Å². The Bertz CT molecular complexity index is 506. The minimum absolute atomic E-state index is 0.104. The van der Waals surface area contributed by atoms with E-state index in [4.69, 9.17) is 16.3 Å². The van der Waals surface area contributed by atoms with Gasteiger partial charge in [-0.1, -0.05) is 24.6 Å². The summed E-state index contributed by atoms with van der Waals surface area (Å²) >= 11 is 6.01. The molecule has 116 valence electrons. The molecule has 0 spiro atoms. The normalized spacial score (nSPS) is 10.5. The van der Waals surface area contributed by atoms with Gasteiger partial charge in [0, 0.05) is 10.7 Å². The average Bonchev–Trinajstić information content (AvgIpc) is 2.42. The summed E-state index contributed by atoms with van der Waals surface area (Å²) in [5.74, 6) is -0.522. The molecule has 0 bridgehead atoms. The van der Waals surface area contributed by atoms with Crippen LogP contribution in [0.5, 0.6) is 0 Å². The standard InChI is InChI=1S/C15H21ClN2O3/c1-4-18(10-15(20)21-5-2)9-14(19)17-12-7-6-11(3)13(16)8-12/h6-8H,4-5,9-10H2,1-3H3,(H,17,19). The SMILES string of the molecule is CCOC(=O)CN(CC)CC(=O)Nc1ccc(C)c(Cl)c1. The lowest BCUT2D eigenvalue weighted by molar-refractivity contribution is -0.144. The Morgan fingerprint density at radius 2 is 2.00 bits per heavy atom. The number of hydrogen-bond acceptors (Lipinski definition) is 4. The van der Waals surface area contributed by atoms with Crippen molar-refractivity contribution in [3.63, 3.8) is 0 Å². The Hall–Kier alpha value is -1.59. The summed E-state index contributed by atoms with van der Waals surface area (Å²) in [4.78, 5) is 25.1. The van der Waals surface area contributed by atoms with Crippen molar-refractivity contribution in [3.8, 4) is 0 Å². The lowest BCUT2D eigenvalue weighted by Gasteiger charge is -2.18. The number of carbonyl (C=O) groups is 2. The minimum Gasteiger partial charge on any atom is -0.465 e. The summed E-state index contributed by atoms with van der Waals surface area (Å²) in [5.41, 5.74) is 1.59. The van der Waals surface area contributed by atoms with E-state index in [1.54, 1.807) is 24.0 Å². The van der Waals surface area contributed by atoms with Gasteiger partial charge < -0.3 is 10.1 Å². The van der Waals surface area contributed by atoms with Crippen molar-refractivity contribution in [2.45, 2.75) is 20.8 Å². The maximum absolute atomic E-state index is 12.0. The second-order valence-electron chi connectivity index (χ2n) is 4.62. The topological polar surface area (TPSA) is 58.6 Å². The van der Waals surface area contributed by atoms with E-state index in [1.165, 1.54) is 0 Å². The minimum atomic E-state index is -0.328. The van der Waals surface area contributed by atoms with Crippen LogP contribution in [0, 0.1) is 6.92 Å². The van der Waals surface area contributed by atoms with Gasteiger partial charge in [-0.2, -0.15) is 0 Å². The van der Waals surface area contributed by atoms with Gasteiger partial charge in [-0.3, -0.25) is 14.5 Å². The summed E-state index contributed by atoms with van der Waals surface area (Å²) in [6.45, 7) is 6.68. The highest BCUT2D eigenvalue weighted by Crippen LogP contribution is 2.19. The molecule has 1 amide bonds. The summed E-state index contributed by atoms with van der Waals surface area (Å²) in [6.07, 6.45) is 0. The molecular formula is C15H21ClN2O3. The van der Waals surface area contributed by atoms with Gasteiger partial charge in [0.05, 0.1) is 19.7 Å². The molecule has 1 N–H and O–H groups in total. The van der Waals surface area contributed by atoms with Gasteiger partial charge in [0.1, 0.15) is 0 Å². The summed E-state index contributed by atoms with van der Waals surface area (Å²) in [6, 6.07) is 5.34. The first-order valence-corrected chi connectivity index (χ1v) is 7.28. The van der Waals surface area contributed by atoms with E-state index < -0.39 is 0 Å². The van der Waals surface area contributed by atoms with Crippen LogP contribution in [-0.2, 0) is 14.3 Å². The number of nitrogens with one attached hydrogen (secondary N) is 1. The number of halogens is 1. The van der Waals surface area contributed by atoms with Gasteiger partial charge in [-0.05, 0) is 38.1 Å². The number of benzene rings is 1. The van der Waals surface area contributed by atoms with E-state index in [0.717, 1.165) is 5.56 Å². The van der Waals surface area contributed by atoms with E-state index >= 15 is 0 Å². The van der Waals surface area contributed by atoms with Crippen molar-refractivity contribution < 1.29 is 14.3 Å².